The maximum atomic E-state index is 11.4. The Balaban J connectivity index is 1.54. The number of sulfone groups is 1. The molecule has 2 aromatic rings. The van der Waals surface area contributed by atoms with E-state index in [1.807, 2.05) is 36.4 Å². The highest BCUT2D eigenvalue weighted by Gasteiger charge is 2.27. The molecular formula is C15H16BrNO3S2. The van der Waals surface area contributed by atoms with Crippen LogP contribution in [0.3, 0.4) is 0 Å². The standard InChI is InChI=1S/C15H16BrNO3S2/c16-11-1-4-14(5-2-11)21-15-6-3-13(20-15)9-17-12-7-8-22(18,19)10-12/h1-6,12,17H,7-10H2. The first-order valence-corrected chi connectivity index (χ1v) is 10.4. The second kappa shape index (κ2) is 6.78. The maximum absolute atomic E-state index is 11.4. The van der Waals surface area contributed by atoms with Gasteiger partial charge >= 0.3 is 0 Å². The first kappa shape index (κ1) is 16.1. The molecular weight excluding hydrogens is 386 g/mol. The zero-order valence-corrected chi connectivity index (χ0v) is 15.0. The lowest BCUT2D eigenvalue weighted by molar-refractivity contribution is 0.404. The zero-order chi connectivity index (χ0) is 15.6. The van der Waals surface area contributed by atoms with Crippen LogP contribution < -0.4 is 5.32 Å². The molecule has 1 fully saturated rings. The smallest absolute Gasteiger partial charge is 0.165 e. The van der Waals surface area contributed by atoms with Crippen molar-refractivity contribution >= 4 is 37.5 Å². The highest BCUT2D eigenvalue weighted by atomic mass is 79.9. The Kier molecular flexibility index (Phi) is 4.97. The molecule has 1 saturated heterocycles. The van der Waals surface area contributed by atoms with Crippen molar-refractivity contribution in [3.63, 3.8) is 0 Å². The summed E-state index contributed by atoms with van der Waals surface area (Å²) in [4.78, 5) is 1.11. The number of hydrogen-bond donors (Lipinski definition) is 1. The molecule has 0 bridgehead atoms. The van der Waals surface area contributed by atoms with Crippen molar-refractivity contribution in [3.05, 3.63) is 46.6 Å². The molecule has 1 aliphatic rings. The summed E-state index contributed by atoms with van der Waals surface area (Å²) >= 11 is 4.98. The number of hydrogen-bond acceptors (Lipinski definition) is 5. The van der Waals surface area contributed by atoms with E-state index in [-0.39, 0.29) is 17.5 Å². The third kappa shape index (κ3) is 4.38. The van der Waals surface area contributed by atoms with Gasteiger partial charge in [-0.25, -0.2) is 8.42 Å². The van der Waals surface area contributed by atoms with Crippen molar-refractivity contribution in [1.29, 1.82) is 0 Å². The van der Waals surface area contributed by atoms with E-state index < -0.39 is 9.84 Å². The molecule has 0 spiro atoms. The third-order valence-electron chi connectivity index (χ3n) is 3.47. The molecule has 1 N–H and O–H groups in total. The maximum Gasteiger partial charge on any atom is 0.165 e. The van der Waals surface area contributed by atoms with E-state index in [9.17, 15) is 8.42 Å². The van der Waals surface area contributed by atoms with Crippen LogP contribution in [0.25, 0.3) is 0 Å². The van der Waals surface area contributed by atoms with Crippen LogP contribution in [0.2, 0.25) is 0 Å². The van der Waals surface area contributed by atoms with Gasteiger partial charge in [-0.3, -0.25) is 0 Å². The summed E-state index contributed by atoms with van der Waals surface area (Å²) in [7, 11) is -2.84. The van der Waals surface area contributed by atoms with Gasteiger partial charge in [0.2, 0.25) is 0 Å². The van der Waals surface area contributed by atoms with Crippen LogP contribution >= 0.6 is 27.7 Å². The SMILES string of the molecule is O=S1(=O)CCC(NCc2ccc(Sc3ccc(Br)cc3)o2)C1. The monoisotopic (exact) mass is 401 g/mol. The van der Waals surface area contributed by atoms with Gasteiger partial charge in [0.1, 0.15) is 5.76 Å². The van der Waals surface area contributed by atoms with Crippen molar-refractivity contribution in [1.82, 2.24) is 5.32 Å². The zero-order valence-electron chi connectivity index (χ0n) is 11.8. The van der Waals surface area contributed by atoms with Crippen LogP contribution in [0.1, 0.15) is 12.2 Å². The Labute approximate surface area is 142 Å². The van der Waals surface area contributed by atoms with E-state index in [1.165, 1.54) is 0 Å². The number of furan rings is 1. The normalized spacial score (nSPS) is 20.3. The number of benzene rings is 1. The van der Waals surface area contributed by atoms with E-state index in [0.29, 0.717) is 13.0 Å². The summed E-state index contributed by atoms with van der Waals surface area (Å²) in [5.41, 5.74) is 0. The van der Waals surface area contributed by atoms with Crippen LogP contribution in [-0.2, 0) is 16.4 Å². The highest BCUT2D eigenvalue weighted by molar-refractivity contribution is 9.10. The Bertz CT molecular complexity index is 740. The fourth-order valence-electron chi connectivity index (χ4n) is 2.33. The van der Waals surface area contributed by atoms with Crippen LogP contribution in [0.5, 0.6) is 0 Å². The van der Waals surface area contributed by atoms with Crippen LogP contribution in [-0.4, -0.2) is 26.0 Å². The molecule has 1 aromatic carbocycles. The molecule has 3 rings (SSSR count). The molecule has 4 nitrogen and oxygen atoms in total. The van der Waals surface area contributed by atoms with Gasteiger partial charge in [-0.15, -0.1) is 0 Å². The summed E-state index contributed by atoms with van der Waals surface area (Å²) < 4.78 is 29.6. The molecule has 0 amide bonds. The van der Waals surface area contributed by atoms with E-state index in [1.54, 1.807) is 11.8 Å². The van der Waals surface area contributed by atoms with Gasteiger partial charge in [-0.2, -0.15) is 0 Å². The molecule has 1 aromatic heterocycles. The molecule has 0 radical (unpaired) electrons. The van der Waals surface area contributed by atoms with Crippen LogP contribution in [0, 0.1) is 0 Å². The fourth-order valence-corrected chi connectivity index (χ4v) is 5.09. The predicted octanol–water partition coefficient (Wildman–Crippen LogP) is 3.47. The minimum Gasteiger partial charge on any atom is -0.453 e. The van der Waals surface area contributed by atoms with Crippen LogP contribution in [0.15, 0.2) is 55.3 Å². The Morgan fingerprint density at radius 3 is 2.68 bits per heavy atom. The molecule has 2 heterocycles. The lowest BCUT2D eigenvalue weighted by atomic mass is 10.2. The average molecular weight is 402 g/mol. The second-order valence-electron chi connectivity index (χ2n) is 5.26. The number of nitrogens with one attached hydrogen (secondary N) is 1. The van der Waals surface area contributed by atoms with Gasteiger partial charge in [-0.1, -0.05) is 27.7 Å². The predicted molar refractivity (Wildman–Crippen MR) is 90.9 cm³/mol. The minimum atomic E-state index is -2.84. The topological polar surface area (TPSA) is 59.3 Å². The first-order valence-electron chi connectivity index (χ1n) is 6.96. The second-order valence-corrected chi connectivity index (χ2v) is 9.48. The van der Waals surface area contributed by atoms with Gasteiger partial charge in [0.15, 0.2) is 14.9 Å². The molecule has 0 saturated carbocycles. The van der Waals surface area contributed by atoms with E-state index in [2.05, 4.69) is 21.2 Å². The third-order valence-corrected chi connectivity index (χ3v) is 6.69. The minimum absolute atomic E-state index is 0.0395. The molecule has 1 atom stereocenters. The van der Waals surface area contributed by atoms with Gasteiger partial charge in [-0.05, 0) is 42.8 Å². The van der Waals surface area contributed by atoms with Crippen molar-refractivity contribution in [2.75, 3.05) is 11.5 Å². The van der Waals surface area contributed by atoms with Gasteiger partial charge in [0.25, 0.3) is 0 Å². The van der Waals surface area contributed by atoms with Gasteiger partial charge in [0.05, 0.1) is 18.1 Å². The van der Waals surface area contributed by atoms with E-state index >= 15 is 0 Å². The number of halogens is 1. The Morgan fingerprint density at radius 1 is 1.23 bits per heavy atom. The Hall–Kier alpha value is -0.760. The number of rotatable bonds is 5. The highest BCUT2D eigenvalue weighted by Crippen LogP contribution is 2.30. The van der Waals surface area contributed by atoms with E-state index in [4.69, 9.17) is 4.42 Å². The lowest BCUT2D eigenvalue weighted by Gasteiger charge is -2.08. The molecule has 118 valence electrons. The molecule has 22 heavy (non-hydrogen) atoms. The summed E-state index contributed by atoms with van der Waals surface area (Å²) in [6, 6.07) is 11.9. The summed E-state index contributed by atoms with van der Waals surface area (Å²) in [5, 5.41) is 4.08. The Morgan fingerprint density at radius 2 is 2.00 bits per heavy atom. The lowest BCUT2D eigenvalue weighted by Crippen LogP contribution is -2.29. The van der Waals surface area contributed by atoms with Gasteiger partial charge in [0, 0.05) is 15.4 Å². The van der Waals surface area contributed by atoms with Crippen LogP contribution in [0.4, 0.5) is 0 Å². The van der Waals surface area contributed by atoms with Crippen molar-refractivity contribution < 1.29 is 12.8 Å². The summed E-state index contributed by atoms with van der Waals surface area (Å²) in [5.74, 6) is 1.34. The van der Waals surface area contributed by atoms with Crippen molar-refractivity contribution in [3.8, 4) is 0 Å². The quantitative estimate of drug-likeness (QED) is 0.830. The molecule has 0 aliphatic carbocycles. The van der Waals surface area contributed by atoms with Crippen molar-refractivity contribution in [2.45, 2.75) is 29.0 Å². The molecule has 1 aliphatic heterocycles. The summed E-state index contributed by atoms with van der Waals surface area (Å²) in [6.07, 6.45) is 0.684. The first-order chi connectivity index (χ1) is 10.5. The largest absolute Gasteiger partial charge is 0.453 e. The van der Waals surface area contributed by atoms with Gasteiger partial charge < -0.3 is 9.73 Å². The average Bonchev–Trinajstić information content (AvgIpc) is 3.05. The summed E-state index contributed by atoms with van der Waals surface area (Å²) in [6.45, 7) is 0.557. The molecule has 1 unspecified atom stereocenters. The van der Waals surface area contributed by atoms with Crippen molar-refractivity contribution in [2.24, 2.45) is 0 Å². The molecule has 7 heteroatoms. The fraction of sp³-hybridized carbons (Fsp3) is 0.333. The van der Waals surface area contributed by atoms with E-state index in [0.717, 1.165) is 20.2 Å².